The summed E-state index contributed by atoms with van der Waals surface area (Å²) in [6.07, 6.45) is 1.98. The van der Waals surface area contributed by atoms with Crippen molar-refractivity contribution in [3.05, 3.63) is 87.1 Å². The predicted molar refractivity (Wildman–Crippen MR) is 126 cm³/mol. The van der Waals surface area contributed by atoms with Crippen LogP contribution in [0.5, 0.6) is 5.75 Å². The van der Waals surface area contributed by atoms with E-state index in [1.54, 1.807) is 24.3 Å². The lowest BCUT2D eigenvalue weighted by Crippen LogP contribution is -2.40. The first-order chi connectivity index (χ1) is 16.3. The number of hydrogen-bond donors (Lipinski definition) is 0. The highest BCUT2D eigenvalue weighted by Crippen LogP contribution is 2.17. The SMILES string of the molecule is COc1cccc(C(=O)Cn2cnc3c2c(=O)n(CCC(C)C)c(=O)n3-c2ccc(F)cc2)c1. The zero-order chi connectivity index (χ0) is 24.4. The van der Waals surface area contributed by atoms with Crippen LogP contribution in [0.2, 0.25) is 0 Å². The number of rotatable bonds is 8. The van der Waals surface area contributed by atoms with E-state index in [1.807, 2.05) is 13.8 Å². The Labute approximate surface area is 194 Å². The Morgan fingerprint density at radius 2 is 1.85 bits per heavy atom. The molecule has 176 valence electrons. The Bertz CT molecular complexity index is 1470. The van der Waals surface area contributed by atoms with Crippen LogP contribution in [0.3, 0.4) is 0 Å². The first-order valence-corrected chi connectivity index (χ1v) is 10.9. The van der Waals surface area contributed by atoms with E-state index in [4.69, 9.17) is 4.74 Å². The van der Waals surface area contributed by atoms with Gasteiger partial charge in [-0.05, 0) is 48.7 Å². The molecule has 0 fully saturated rings. The summed E-state index contributed by atoms with van der Waals surface area (Å²) in [6, 6.07) is 12.1. The van der Waals surface area contributed by atoms with Gasteiger partial charge in [0.1, 0.15) is 11.6 Å². The van der Waals surface area contributed by atoms with Crippen molar-refractivity contribution in [2.45, 2.75) is 33.4 Å². The maximum atomic E-state index is 13.5. The van der Waals surface area contributed by atoms with Gasteiger partial charge in [0.05, 0.1) is 25.7 Å². The number of carbonyl (C=O) groups excluding carboxylic acids is 1. The molecule has 0 amide bonds. The zero-order valence-corrected chi connectivity index (χ0v) is 19.2. The normalized spacial score (nSPS) is 11.3. The highest BCUT2D eigenvalue weighted by molar-refractivity contribution is 5.96. The van der Waals surface area contributed by atoms with Gasteiger partial charge in [0.2, 0.25) is 0 Å². The molecule has 0 spiro atoms. The Morgan fingerprint density at radius 3 is 2.53 bits per heavy atom. The van der Waals surface area contributed by atoms with Crippen LogP contribution >= 0.6 is 0 Å². The van der Waals surface area contributed by atoms with Crippen molar-refractivity contribution >= 4 is 16.9 Å². The van der Waals surface area contributed by atoms with Crippen LogP contribution in [0.1, 0.15) is 30.6 Å². The van der Waals surface area contributed by atoms with Crippen LogP contribution in [-0.2, 0) is 13.1 Å². The molecule has 0 unspecified atom stereocenters. The van der Waals surface area contributed by atoms with Gasteiger partial charge in [0.25, 0.3) is 5.56 Å². The van der Waals surface area contributed by atoms with Crippen molar-refractivity contribution in [1.82, 2.24) is 18.7 Å². The molecule has 0 aliphatic rings. The summed E-state index contributed by atoms with van der Waals surface area (Å²) < 4.78 is 22.6. The van der Waals surface area contributed by atoms with Gasteiger partial charge in [0.15, 0.2) is 16.9 Å². The maximum Gasteiger partial charge on any atom is 0.337 e. The van der Waals surface area contributed by atoms with Crippen molar-refractivity contribution < 1.29 is 13.9 Å². The third-order valence-corrected chi connectivity index (χ3v) is 5.62. The number of hydrogen-bond acceptors (Lipinski definition) is 5. The standard InChI is InChI=1S/C25H25FN4O4/c1-16(2)11-12-29-24(32)22-23(30(25(29)33)19-9-7-18(26)8-10-19)27-15-28(22)14-21(31)17-5-4-6-20(13-17)34-3/h4-10,13,15-16H,11-12,14H2,1-3H3. The number of halogens is 1. The van der Waals surface area contributed by atoms with Gasteiger partial charge in [0, 0.05) is 12.1 Å². The summed E-state index contributed by atoms with van der Waals surface area (Å²) in [6.45, 7) is 4.06. The molecule has 0 aliphatic heterocycles. The highest BCUT2D eigenvalue weighted by Gasteiger charge is 2.21. The number of aromatic nitrogens is 4. The topological polar surface area (TPSA) is 88.1 Å². The van der Waals surface area contributed by atoms with Gasteiger partial charge >= 0.3 is 5.69 Å². The van der Waals surface area contributed by atoms with E-state index in [0.29, 0.717) is 23.4 Å². The van der Waals surface area contributed by atoms with Gasteiger partial charge in [-0.25, -0.2) is 18.7 Å². The lowest BCUT2D eigenvalue weighted by molar-refractivity contribution is 0.0973. The summed E-state index contributed by atoms with van der Waals surface area (Å²) in [5.41, 5.74) is -0.0406. The molecule has 34 heavy (non-hydrogen) atoms. The fourth-order valence-electron chi connectivity index (χ4n) is 3.75. The third-order valence-electron chi connectivity index (χ3n) is 5.62. The van der Waals surface area contributed by atoms with Crippen LogP contribution in [0.4, 0.5) is 4.39 Å². The van der Waals surface area contributed by atoms with E-state index in [1.165, 1.54) is 46.8 Å². The molecular weight excluding hydrogens is 439 g/mol. The molecular formula is C25H25FN4O4. The summed E-state index contributed by atoms with van der Waals surface area (Å²) >= 11 is 0. The van der Waals surface area contributed by atoms with Crippen molar-refractivity contribution in [3.8, 4) is 11.4 Å². The highest BCUT2D eigenvalue weighted by atomic mass is 19.1. The van der Waals surface area contributed by atoms with Crippen molar-refractivity contribution in [2.75, 3.05) is 7.11 Å². The molecule has 4 aromatic rings. The number of Topliss-reactive ketones (excluding diaryl/α,β-unsaturated/α-hetero) is 1. The first kappa shape index (κ1) is 23.2. The monoisotopic (exact) mass is 464 g/mol. The number of carbonyl (C=O) groups is 1. The second-order valence-corrected chi connectivity index (χ2v) is 8.43. The van der Waals surface area contributed by atoms with Gasteiger partial charge in [-0.3, -0.25) is 14.2 Å². The summed E-state index contributed by atoms with van der Waals surface area (Å²) in [4.78, 5) is 44.0. The summed E-state index contributed by atoms with van der Waals surface area (Å²) in [5, 5.41) is 0. The Kier molecular flexibility index (Phi) is 6.45. The lowest BCUT2D eigenvalue weighted by atomic mass is 10.1. The molecule has 9 heteroatoms. The van der Waals surface area contributed by atoms with Gasteiger partial charge in [-0.15, -0.1) is 0 Å². The Hall–Kier alpha value is -4.01. The fourth-order valence-corrected chi connectivity index (χ4v) is 3.75. The van der Waals surface area contributed by atoms with Crippen molar-refractivity contribution in [2.24, 2.45) is 5.92 Å². The van der Waals surface area contributed by atoms with Crippen LogP contribution in [0, 0.1) is 11.7 Å². The molecule has 4 rings (SSSR count). The summed E-state index contributed by atoms with van der Waals surface area (Å²) in [7, 11) is 1.52. The molecule has 2 aromatic carbocycles. The number of benzene rings is 2. The Balaban J connectivity index is 1.88. The summed E-state index contributed by atoms with van der Waals surface area (Å²) in [5.74, 6) is 0.116. The average molecular weight is 464 g/mol. The van der Waals surface area contributed by atoms with E-state index < -0.39 is 17.1 Å². The second kappa shape index (κ2) is 9.46. The minimum atomic E-state index is -0.561. The van der Waals surface area contributed by atoms with E-state index in [2.05, 4.69) is 4.98 Å². The lowest BCUT2D eigenvalue weighted by Gasteiger charge is -2.13. The molecule has 8 nitrogen and oxygen atoms in total. The largest absolute Gasteiger partial charge is 0.497 e. The second-order valence-electron chi connectivity index (χ2n) is 8.43. The number of nitrogens with zero attached hydrogens (tertiary/aromatic N) is 4. The van der Waals surface area contributed by atoms with Gasteiger partial charge in [-0.2, -0.15) is 0 Å². The molecule has 2 heterocycles. The average Bonchev–Trinajstić information content (AvgIpc) is 3.23. The maximum absolute atomic E-state index is 13.5. The zero-order valence-electron chi connectivity index (χ0n) is 19.2. The number of imidazole rings is 1. The molecule has 0 atom stereocenters. The number of fused-ring (bicyclic) bond motifs is 1. The van der Waals surface area contributed by atoms with Crippen LogP contribution in [0.15, 0.2) is 64.4 Å². The molecule has 0 saturated heterocycles. The number of ether oxygens (including phenoxy) is 1. The molecule has 0 N–H and O–H groups in total. The predicted octanol–water partition coefficient (Wildman–Crippen LogP) is 3.43. The van der Waals surface area contributed by atoms with Crippen LogP contribution in [-0.4, -0.2) is 31.6 Å². The molecule has 2 aromatic heterocycles. The Morgan fingerprint density at radius 1 is 1.12 bits per heavy atom. The van der Waals surface area contributed by atoms with Gasteiger partial charge < -0.3 is 9.30 Å². The molecule has 0 bridgehead atoms. The van der Waals surface area contributed by atoms with Crippen LogP contribution in [0.25, 0.3) is 16.9 Å². The fraction of sp³-hybridized carbons (Fsp3) is 0.280. The molecule has 0 aliphatic carbocycles. The smallest absolute Gasteiger partial charge is 0.337 e. The minimum Gasteiger partial charge on any atom is -0.497 e. The van der Waals surface area contributed by atoms with E-state index >= 15 is 0 Å². The number of methoxy groups -OCH3 is 1. The van der Waals surface area contributed by atoms with Crippen molar-refractivity contribution in [1.29, 1.82) is 0 Å². The quantitative estimate of drug-likeness (QED) is 0.373. The molecule has 0 radical (unpaired) electrons. The van der Waals surface area contributed by atoms with Crippen LogP contribution < -0.4 is 16.0 Å². The first-order valence-electron chi connectivity index (χ1n) is 10.9. The van der Waals surface area contributed by atoms with Crippen molar-refractivity contribution in [3.63, 3.8) is 0 Å². The van der Waals surface area contributed by atoms with Gasteiger partial charge in [-0.1, -0.05) is 26.0 Å². The minimum absolute atomic E-state index is 0.112. The van der Waals surface area contributed by atoms with E-state index in [0.717, 1.165) is 4.57 Å². The number of ketones is 1. The third kappa shape index (κ3) is 4.41. The van der Waals surface area contributed by atoms with E-state index in [9.17, 15) is 18.8 Å². The van der Waals surface area contributed by atoms with E-state index in [-0.39, 0.29) is 36.0 Å². The molecule has 0 saturated carbocycles.